The molecule has 7 nitrogen and oxygen atoms in total. The van der Waals surface area contributed by atoms with Crippen LogP contribution in [-0.2, 0) is 16.1 Å². The quantitative estimate of drug-likeness (QED) is 0.754. The number of piperidine rings is 2. The smallest absolute Gasteiger partial charge is 0.325 e. The standard InChI is InChI=1S/C24H34N4O3/c1-23(2,3)20(29)27-13-9-19(10-14-27)28-21(30)24(25-22(28)31)11-15-26(16-12-24)17-18-7-5-4-6-8-18/h4-8,19H,9-17H2,1-3H3,(H,25,31). The lowest BCUT2D eigenvalue weighted by molar-refractivity contribution is -0.141. The van der Waals surface area contributed by atoms with Crippen LogP contribution in [0.5, 0.6) is 0 Å². The number of benzene rings is 1. The molecule has 1 aromatic rings. The third kappa shape index (κ3) is 4.33. The molecule has 7 heteroatoms. The monoisotopic (exact) mass is 426 g/mol. The lowest BCUT2D eigenvalue weighted by atomic mass is 9.86. The van der Waals surface area contributed by atoms with Crippen molar-refractivity contribution in [2.45, 2.75) is 64.6 Å². The molecule has 168 valence electrons. The average molecular weight is 427 g/mol. The summed E-state index contributed by atoms with van der Waals surface area (Å²) in [6, 6.07) is 9.94. The summed E-state index contributed by atoms with van der Waals surface area (Å²) < 4.78 is 0. The molecule has 0 aliphatic carbocycles. The Morgan fingerprint density at radius 2 is 1.65 bits per heavy atom. The summed E-state index contributed by atoms with van der Waals surface area (Å²) in [5, 5.41) is 3.04. The van der Waals surface area contributed by atoms with Crippen molar-refractivity contribution < 1.29 is 14.4 Å². The summed E-state index contributed by atoms with van der Waals surface area (Å²) in [6.45, 7) is 9.39. The number of rotatable bonds is 3. The molecule has 0 aromatic heterocycles. The zero-order chi connectivity index (χ0) is 22.2. The highest BCUT2D eigenvalue weighted by Crippen LogP contribution is 2.33. The minimum atomic E-state index is -0.761. The van der Waals surface area contributed by atoms with E-state index in [4.69, 9.17) is 0 Å². The zero-order valence-electron chi connectivity index (χ0n) is 18.9. The SMILES string of the molecule is CC(C)(C)C(=O)N1CCC(N2C(=O)NC3(CCN(Cc4ccccc4)CC3)C2=O)CC1. The van der Waals surface area contributed by atoms with Crippen molar-refractivity contribution in [2.24, 2.45) is 5.41 Å². The zero-order valence-corrected chi connectivity index (χ0v) is 18.9. The first-order valence-corrected chi connectivity index (χ1v) is 11.4. The number of likely N-dealkylation sites (tertiary alicyclic amines) is 2. The summed E-state index contributed by atoms with van der Waals surface area (Å²) >= 11 is 0. The van der Waals surface area contributed by atoms with Crippen molar-refractivity contribution in [3.8, 4) is 0 Å². The molecule has 3 aliphatic rings. The largest absolute Gasteiger partial charge is 0.342 e. The lowest BCUT2D eigenvalue weighted by Crippen LogP contribution is -2.55. The minimum absolute atomic E-state index is 0.0718. The number of imide groups is 1. The van der Waals surface area contributed by atoms with Crippen molar-refractivity contribution in [3.05, 3.63) is 35.9 Å². The van der Waals surface area contributed by atoms with Gasteiger partial charge in [0.15, 0.2) is 0 Å². The average Bonchev–Trinajstić information content (AvgIpc) is 2.99. The fraction of sp³-hybridized carbons (Fsp3) is 0.625. The Kier molecular flexibility index (Phi) is 5.81. The Morgan fingerprint density at radius 1 is 1.03 bits per heavy atom. The molecular formula is C24H34N4O3. The normalized spacial score (nSPS) is 22.8. The van der Waals surface area contributed by atoms with Gasteiger partial charge in [-0.1, -0.05) is 51.1 Å². The Morgan fingerprint density at radius 3 is 2.23 bits per heavy atom. The van der Waals surface area contributed by atoms with Gasteiger partial charge in [0.2, 0.25) is 5.91 Å². The third-order valence-electron chi connectivity index (χ3n) is 6.91. The van der Waals surface area contributed by atoms with Gasteiger partial charge in [-0.3, -0.25) is 19.4 Å². The summed E-state index contributed by atoms with van der Waals surface area (Å²) in [7, 11) is 0. The Labute approximate surface area is 184 Å². The fourth-order valence-electron chi connectivity index (χ4n) is 5.05. The van der Waals surface area contributed by atoms with Crippen molar-refractivity contribution >= 4 is 17.8 Å². The fourth-order valence-corrected chi connectivity index (χ4v) is 5.05. The molecule has 0 saturated carbocycles. The molecule has 1 aromatic carbocycles. The molecule has 3 saturated heterocycles. The predicted octanol–water partition coefficient (Wildman–Crippen LogP) is 2.61. The summed E-state index contributed by atoms with van der Waals surface area (Å²) in [5.41, 5.74) is 0.0899. The molecular weight excluding hydrogens is 392 g/mol. The van der Waals surface area contributed by atoms with Gasteiger partial charge in [0.1, 0.15) is 5.54 Å². The van der Waals surface area contributed by atoms with Crippen LogP contribution in [0.15, 0.2) is 30.3 Å². The number of carbonyl (C=O) groups is 3. The molecule has 0 atom stereocenters. The Hall–Kier alpha value is -2.41. The first kappa shape index (κ1) is 21.8. The van der Waals surface area contributed by atoms with Crippen LogP contribution < -0.4 is 5.32 Å². The van der Waals surface area contributed by atoms with Crippen LogP contribution in [-0.4, -0.2) is 70.3 Å². The maximum Gasteiger partial charge on any atom is 0.325 e. The first-order valence-electron chi connectivity index (χ1n) is 11.4. The summed E-state index contributed by atoms with van der Waals surface area (Å²) in [4.78, 5) is 44.4. The van der Waals surface area contributed by atoms with Gasteiger partial charge in [-0.15, -0.1) is 0 Å². The molecule has 3 aliphatic heterocycles. The van der Waals surface area contributed by atoms with Crippen molar-refractivity contribution in [2.75, 3.05) is 26.2 Å². The molecule has 3 fully saturated rings. The van der Waals surface area contributed by atoms with Gasteiger partial charge < -0.3 is 10.2 Å². The molecule has 31 heavy (non-hydrogen) atoms. The van der Waals surface area contributed by atoms with Gasteiger partial charge in [-0.2, -0.15) is 0 Å². The Bertz CT molecular complexity index is 832. The van der Waals surface area contributed by atoms with Crippen molar-refractivity contribution in [1.82, 2.24) is 20.0 Å². The van der Waals surface area contributed by atoms with Crippen LogP contribution in [0, 0.1) is 5.41 Å². The van der Waals surface area contributed by atoms with Crippen molar-refractivity contribution in [1.29, 1.82) is 0 Å². The van der Waals surface area contributed by atoms with Gasteiger partial charge in [0.05, 0.1) is 0 Å². The van der Waals surface area contributed by atoms with Gasteiger partial charge in [0.25, 0.3) is 5.91 Å². The van der Waals surface area contributed by atoms with Crippen LogP contribution in [0.3, 0.4) is 0 Å². The van der Waals surface area contributed by atoms with Crippen LogP contribution in [0.4, 0.5) is 4.79 Å². The number of nitrogens with one attached hydrogen (secondary N) is 1. The maximum atomic E-state index is 13.4. The minimum Gasteiger partial charge on any atom is -0.342 e. The highest BCUT2D eigenvalue weighted by molar-refractivity contribution is 6.07. The summed E-state index contributed by atoms with van der Waals surface area (Å²) in [6.07, 6.45) is 2.58. The number of amides is 4. The van der Waals surface area contributed by atoms with E-state index < -0.39 is 11.0 Å². The molecule has 0 unspecified atom stereocenters. The number of carbonyl (C=O) groups excluding carboxylic acids is 3. The van der Waals surface area contributed by atoms with Gasteiger partial charge in [0, 0.05) is 44.2 Å². The van der Waals surface area contributed by atoms with E-state index in [1.54, 1.807) is 0 Å². The second kappa shape index (κ2) is 8.26. The van der Waals surface area contributed by atoms with E-state index in [0.29, 0.717) is 38.8 Å². The molecule has 1 N–H and O–H groups in total. The lowest BCUT2D eigenvalue weighted by Gasteiger charge is -2.39. The molecule has 1 spiro atoms. The van der Waals surface area contributed by atoms with E-state index in [9.17, 15) is 14.4 Å². The van der Waals surface area contributed by atoms with Crippen LogP contribution in [0.2, 0.25) is 0 Å². The van der Waals surface area contributed by atoms with E-state index in [1.165, 1.54) is 10.5 Å². The molecule has 4 rings (SSSR count). The maximum absolute atomic E-state index is 13.4. The van der Waals surface area contributed by atoms with E-state index in [-0.39, 0.29) is 23.9 Å². The molecule has 0 bridgehead atoms. The molecule has 0 radical (unpaired) electrons. The van der Waals surface area contributed by atoms with E-state index in [1.807, 2.05) is 43.9 Å². The number of nitrogens with zero attached hydrogens (tertiary/aromatic N) is 3. The van der Waals surface area contributed by atoms with E-state index in [2.05, 4.69) is 22.3 Å². The van der Waals surface area contributed by atoms with Gasteiger partial charge in [-0.25, -0.2) is 4.79 Å². The highest BCUT2D eigenvalue weighted by atomic mass is 16.2. The van der Waals surface area contributed by atoms with Gasteiger partial charge in [-0.05, 0) is 31.2 Å². The topological polar surface area (TPSA) is 73.0 Å². The highest BCUT2D eigenvalue weighted by Gasteiger charge is 2.54. The first-order chi connectivity index (χ1) is 14.7. The number of hydrogen-bond donors (Lipinski definition) is 1. The van der Waals surface area contributed by atoms with Gasteiger partial charge >= 0.3 is 6.03 Å². The molecule has 3 heterocycles. The van der Waals surface area contributed by atoms with E-state index in [0.717, 1.165) is 19.6 Å². The van der Waals surface area contributed by atoms with Crippen LogP contribution in [0.25, 0.3) is 0 Å². The Balaban J connectivity index is 1.35. The number of hydrogen-bond acceptors (Lipinski definition) is 4. The third-order valence-corrected chi connectivity index (χ3v) is 6.91. The molecule has 4 amide bonds. The summed E-state index contributed by atoms with van der Waals surface area (Å²) in [5.74, 6) is 0.0582. The second-order valence-corrected chi connectivity index (χ2v) is 10.2. The predicted molar refractivity (Wildman–Crippen MR) is 118 cm³/mol. The van der Waals surface area contributed by atoms with Crippen LogP contribution in [0.1, 0.15) is 52.0 Å². The van der Waals surface area contributed by atoms with E-state index >= 15 is 0 Å². The van der Waals surface area contributed by atoms with Crippen molar-refractivity contribution in [3.63, 3.8) is 0 Å². The van der Waals surface area contributed by atoms with Crippen LogP contribution >= 0.6 is 0 Å². The second-order valence-electron chi connectivity index (χ2n) is 10.2. The number of urea groups is 1.